The van der Waals surface area contributed by atoms with Crippen LogP contribution in [0.25, 0.3) is 11.5 Å². The van der Waals surface area contributed by atoms with Gasteiger partial charge in [0.2, 0.25) is 5.91 Å². The van der Waals surface area contributed by atoms with Gasteiger partial charge in [-0.2, -0.15) is 0 Å². The molecule has 0 radical (unpaired) electrons. The predicted molar refractivity (Wildman–Crippen MR) is 67.0 cm³/mol. The van der Waals surface area contributed by atoms with Gasteiger partial charge in [0.05, 0.1) is 6.26 Å². The van der Waals surface area contributed by atoms with Crippen LogP contribution in [0.15, 0.2) is 28.2 Å². The molecule has 1 amide bonds. The van der Waals surface area contributed by atoms with E-state index in [1.54, 1.807) is 12.3 Å². The molecule has 2 N–H and O–H groups in total. The Bertz CT molecular complexity index is 479. The molecule has 6 heteroatoms. The number of nitrogens with zero attached hydrogens (tertiary/aromatic N) is 1. The Balaban J connectivity index is 1.97. The van der Waals surface area contributed by atoms with E-state index in [1.165, 1.54) is 11.3 Å². The molecule has 0 fully saturated rings. The van der Waals surface area contributed by atoms with E-state index >= 15 is 0 Å². The van der Waals surface area contributed by atoms with Crippen molar-refractivity contribution in [3.8, 4) is 11.5 Å². The quantitative estimate of drug-likeness (QED) is 0.852. The Morgan fingerprint density at radius 3 is 3.18 bits per heavy atom. The Labute approximate surface area is 103 Å². The molecule has 90 valence electrons. The van der Waals surface area contributed by atoms with Crippen molar-refractivity contribution in [3.63, 3.8) is 0 Å². The zero-order chi connectivity index (χ0) is 12.1. The van der Waals surface area contributed by atoms with Crippen molar-refractivity contribution >= 4 is 22.4 Å². The predicted octanol–water partition coefficient (Wildman–Crippen LogP) is 1.95. The lowest BCUT2D eigenvalue weighted by atomic mass is 10.4. The van der Waals surface area contributed by atoms with Gasteiger partial charge in [-0.1, -0.05) is 0 Å². The number of anilines is 1. The molecule has 17 heavy (non-hydrogen) atoms. The zero-order valence-corrected chi connectivity index (χ0v) is 10.2. The molecule has 0 bridgehead atoms. The third-order valence-electron chi connectivity index (χ3n) is 2.13. The SMILES string of the molecule is CNCCC(=O)Nc1nc(-c2ccco2)cs1. The molecular formula is C11H13N3O2S. The normalized spacial score (nSPS) is 10.4. The van der Waals surface area contributed by atoms with Gasteiger partial charge >= 0.3 is 0 Å². The molecule has 0 aliphatic carbocycles. The minimum atomic E-state index is -0.0419. The number of carbonyl (C=O) groups excluding carboxylic acids is 1. The van der Waals surface area contributed by atoms with Gasteiger partial charge < -0.3 is 15.1 Å². The molecular weight excluding hydrogens is 238 g/mol. The highest BCUT2D eigenvalue weighted by atomic mass is 32.1. The number of rotatable bonds is 5. The van der Waals surface area contributed by atoms with Crippen LogP contribution in [0.2, 0.25) is 0 Å². The second-order valence-electron chi connectivity index (χ2n) is 3.42. The number of thiazole rings is 1. The first-order valence-electron chi connectivity index (χ1n) is 5.23. The molecule has 0 atom stereocenters. The summed E-state index contributed by atoms with van der Waals surface area (Å²) in [5, 5.41) is 8.11. The van der Waals surface area contributed by atoms with Crippen LogP contribution >= 0.6 is 11.3 Å². The molecule has 0 aliphatic heterocycles. The van der Waals surface area contributed by atoms with Crippen LogP contribution in [0, 0.1) is 0 Å². The standard InChI is InChI=1S/C11H13N3O2S/c1-12-5-4-10(15)14-11-13-8(7-17-11)9-3-2-6-16-9/h2-3,6-7,12H,4-5H2,1H3,(H,13,14,15). The second-order valence-corrected chi connectivity index (χ2v) is 4.28. The smallest absolute Gasteiger partial charge is 0.227 e. The first-order valence-corrected chi connectivity index (χ1v) is 6.11. The highest BCUT2D eigenvalue weighted by Gasteiger charge is 2.08. The molecule has 0 saturated heterocycles. The Hall–Kier alpha value is -1.66. The average molecular weight is 251 g/mol. The fraction of sp³-hybridized carbons (Fsp3) is 0.273. The summed E-state index contributed by atoms with van der Waals surface area (Å²) in [6, 6.07) is 3.64. The molecule has 2 aromatic rings. The van der Waals surface area contributed by atoms with Crippen molar-refractivity contribution in [3.05, 3.63) is 23.8 Å². The Kier molecular flexibility index (Phi) is 3.89. The van der Waals surface area contributed by atoms with E-state index in [1.807, 2.05) is 18.5 Å². The zero-order valence-electron chi connectivity index (χ0n) is 9.40. The minimum Gasteiger partial charge on any atom is -0.463 e. The van der Waals surface area contributed by atoms with E-state index in [4.69, 9.17) is 4.42 Å². The molecule has 0 saturated carbocycles. The van der Waals surface area contributed by atoms with Crippen LogP contribution in [-0.4, -0.2) is 24.5 Å². The summed E-state index contributed by atoms with van der Waals surface area (Å²) in [7, 11) is 1.81. The number of nitrogens with one attached hydrogen (secondary N) is 2. The molecule has 2 heterocycles. The van der Waals surface area contributed by atoms with Crippen LogP contribution in [-0.2, 0) is 4.79 Å². The maximum absolute atomic E-state index is 11.5. The first kappa shape index (κ1) is 11.8. The van der Waals surface area contributed by atoms with Gasteiger partial charge in [0, 0.05) is 18.3 Å². The molecule has 5 nitrogen and oxygen atoms in total. The summed E-state index contributed by atoms with van der Waals surface area (Å²) in [5.74, 6) is 0.664. The van der Waals surface area contributed by atoms with Crippen molar-refractivity contribution in [2.75, 3.05) is 18.9 Å². The van der Waals surface area contributed by atoms with Gasteiger partial charge in [0.15, 0.2) is 10.9 Å². The van der Waals surface area contributed by atoms with E-state index in [9.17, 15) is 4.79 Å². The van der Waals surface area contributed by atoms with Gasteiger partial charge in [-0.05, 0) is 19.2 Å². The van der Waals surface area contributed by atoms with Crippen LogP contribution in [0.5, 0.6) is 0 Å². The maximum Gasteiger partial charge on any atom is 0.227 e. The summed E-state index contributed by atoms with van der Waals surface area (Å²) in [4.78, 5) is 15.7. The Morgan fingerprint density at radius 1 is 1.59 bits per heavy atom. The number of carbonyl (C=O) groups is 1. The number of hydrogen-bond donors (Lipinski definition) is 2. The summed E-state index contributed by atoms with van der Waals surface area (Å²) >= 11 is 1.39. The molecule has 2 rings (SSSR count). The fourth-order valence-electron chi connectivity index (χ4n) is 1.29. The average Bonchev–Trinajstić information content (AvgIpc) is 2.95. The molecule has 2 aromatic heterocycles. The summed E-state index contributed by atoms with van der Waals surface area (Å²) in [6.45, 7) is 0.655. The Morgan fingerprint density at radius 2 is 2.47 bits per heavy atom. The van der Waals surface area contributed by atoms with Gasteiger partial charge in [-0.15, -0.1) is 11.3 Å². The highest BCUT2D eigenvalue weighted by molar-refractivity contribution is 7.14. The van der Waals surface area contributed by atoms with Crippen molar-refractivity contribution in [1.29, 1.82) is 0 Å². The lowest BCUT2D eigenvalue weighted by molar-refractivity contribution is -0.116. The topological polar surface area (TPSA) is 67.2 Å². The first-order chi connectivity index (χ1) is 8.29. The largest absolute Gasteiger partial charge is 0.463 e. The molecule has 0 spiro atoms. The van der Waals surface area contributed by atoms with Gasteiger partial charge in [0.1, 0.15) is 5.69 Å². The summed E-state index contributed by atoms with van der Waals surface area (Å²) in [5.41, 5.74) is 0.740. The lowest BCUT2D eigenvalue weighted by Gasteiger charge is -2.00. The molecule has 0 unspecified atom stereocenters. The number of hydrogen-bond acceptors (Lipinski definition) is 5. The maximum atomic E-state index is 11.5. The van der Waals surface area contributed by atoms with Crippen molar-refractivity contribution in [1.82, 2.24) is 10.3 Å². The summed E-state index contributed by atoms with van der Waals surface area (Å²) in [6.07, 6.45) is 2.03. The van der Waals surface area contributed by atoms with E-state index in [0.717, 1.165) is 5.69 Å². The number of aromatic nitrogens is 1. The second kappa shape index (κ2) is 5.60. The van der Waals surface area contributed by atoms with Crippen molar-refractivity contribution in [2.45, 2.75) is 6.42 Å². The lowest BCUT2D eigenvalue weighted by Crippen LogP contribution is -2.18. The third-order valence-corrected chi connectivity index (χ3v) is 2.88. The van der Waals surface area contributed by atoms with Crippen LogP contribution in [0.4, 0.5) is 5.13 Å². The summed E-state index contributed by atoms with van der Waals surface area (Å²) < 4.78 is 5.22. The van der Waals surface area contributed by atoms with Crippen molar-refractivity contribution in [2.24, 2.45) is 0 Å². The number of furan rings is 1. The fourth-order valence-corrected chi connectivity index (χ4v) is 2.00. The van der Waals surface area contributed by atoms with E-state index in [2.05, 4.69) is 15.6 Å². The van der Waals surface area contributed by atoms with E-state index < -0.39 is 0 Å². The van der Waals surface area contributed by atoms with Gasteiger partial charge in [-0.3, -0.25) is 4.79 Å². The third kappa shape index (κ3) is 3.15. The minimum absolute atomic E-state index is 0.0419. The van der Waals surface area contributed by atoms with Gasteiger partial charge in [-0.25, -0.2) is 4.98 Å². The van der Waals surface area contributed by atoms with Crippen LogP contribution in [0.1, 0.15) is 6.42 Å². The number of amides is 1. The van der Waals surface area contributed by atoms with E-state index in [0.29, 0.717) is 23.9 Å². The highest BCUT2D eigenvalue weighted by Crippen LogP contribution is 2.24. The van der Waals surface area contributed by atoms with Crippen LogP contribution < -0.4 is 10.6 Å². The molecule has 0 aromatic carbocycles. The van der Waals surface area contributed by atoms with Crippen LogP contribution in [0.3, 0.4) is 0 Å². The van der Waals surface area contributed by atoms with E-state index in [-0.39, 0.29) is 5.91 Å². The monoisotopic (exact) mass is 251 g/mol. The molecule has 0 aliphatic rings. The van der Waals surface area contributed by atoms with Crippen molar-refractivity contribution < 1.29 is 9.21 Å². The van der Waals surface area contributed by atoms with Gasteiger partial charge in [0.25, 0.3) is 0 Å².